The summed E-state index contributed by atoms with van der Waals surface area (Å²) < 4.78 is 7.15. The zero-order chi connectivity index (χ0) is 15.6. The molecule has 1 aliphatic heterocycles. The lowest BCUT2D eigenvalue weighted by atomic mass is 10.1. The summed E-state index contributed by atoms with van der Waals surface area (Å²) in [7, 11) is 1.86. The summed E-state index contributed by atoms with van der Waals surface area (Å²) in [5.74, 6) is -0.916. The number of rotatable bonds is 4. The van der Waals surface area contributed by atoms with E-state index in [1.54, 1.807) is 9.58 Å². The molecule has 0 saturated carbocycles. The molecule has 7 nitrogen and oxygen atoms in total. The maximum Gasteiger partial charge on any atom is 0.306 e. The van der Waals surface area contributed by atoms with Crippen molar-refractivity contribution in [3.05, 3.63) is 17.0 Å². The van der Waals surface area contributed by atoms with E-state index in [1.165, 1.54) is 0 Å². The molecule has 1 aliphatic rings. The van der Waals surface area contributed by atoms with Gasteiger partial charge in [-0.1, -0.05) is 0 Å². The molecular formula is C14H21N3O4. The van der Waals surface area contributed by atoms with Crippen molar-refractivity contribution in [1.29, 1.82) is 0 Å². The van der Waals surface area contributed by atoms with Gasteiger partial charge in [0.1, 0.15) is 0 Å². The van der Waals surface area contributed by atoms with E-state index in [0.717, 1.165) is 17.0 Å². The number of aromatic nitrogens is 2. The Morgan fingerprint density at radius 2 is 2.14 bits per heavy atom. The molecule has 21 heavy (non-hydrogen) atoms. The van der Waals surface area contributed by atoms with Crippen LogP contribution in [-0.2, 0) is 27.8 Å². The average molecular weight is 295 g/mol. The molecule has 1 saturated heterocycles. The van der Waals surface area contributed by atoms with Gasteiger partial charge < -0.3 is 14.7 Å². The van der Waals surface area contributed by atoms with Crippen molar-refractivity contribution in [1.82, 2.24) is 14.7 Å². The van der Waals surface area contributed by atoms with Gasteiger partial charge in [0.2, 0.25) is 5.91 Å². The van der Waals surface area contributed by atoms with Crippen LogP contribution in [0.2, 0.25) is 0 Å². The van der Waals surface area contributed by atoms with Crippen molar-refractivity contribution in [3.8, 4) is 0 Å². The third-order valence-corrected chi connectivity index (χ3v) is 3.88. The summed E-state index contributed by atoms with van der Waals surface area (Å²) >= 11 is 0. The normalized spacial score (nSPS) is 18.8. The Bertz CT molecular complexity index is 553. The van der Waals surface area contributed by atoms with Gasteiger partial charge in [0.05, 0.1) is 31.2 Å². The number of carboxylic acid groups (broad SMARTS) is 1. The van der Waals surface area contributed by atoms with Crippen LogP contribution in [0.25, 0.3) is 0 Å². The fourth-order valence-corrected chi connectivity index (χ4v) is 2.60. The number of amides is 1. The minimum Gasteiger partial charge on any atom is -0.481 e. The summed E-state index contributed by atoms with van der Waals surface area (Å²) in [4.78, 5) is 24.8. The van der Waals surface area contributed by atoms with Crippen LogP contribution in [-0.4, -0.2) is 57.5 Å². The quantitative estimate of drug-likeness (QED) is 0.862. The molecule has 1 aromatic heterocycles. The minimum absolute atomic E-state index is 0.00658. The largest absolute Gasteiger partial charge is 0.481 e. The molecule has 2 rings (SSSR count). The highest BCUT2D eigenvalue weighted by molar-refractivity contribution is 5.79. The van der Waals surface area contributed by atoms with Gasteiger partial charge in [-0.15, -0.1) is 0 Å². The SMILES string of the molecule is Cc1nn(C)c(C)c1CC(=O)N1CCO[C@H](CC(=O)O)C1. The summed E-state index contributed by atoms with van der Waals surface area (Å²) in [5.41, 5.74) is 2.79. The second-order valence-corrected chi connectivity index (χ2v) is 5.38. The molecule has 0 unspecified atom stereocenters. The second-order valence-electron chi connectivity index (χ2n) is 5.38. The first-order chi connectivity index (χ1) is 9.88. The molecule has 7 heteroatoms. The summed E-state index contributed by atoms with van der Waals surface area (Å²) in [6.45, 7) is 5.06. The highest BCUT2D eigenvalue weighted by Gasteiger charge is 2.26. The van der Waals surface area contributed by atoms with Crippen molar-refractivity contribution >= 4 is 11.9 Å². The number of nitrogens with zero attached hydrogens (tertiary/aromatic N) is 3. The van der Waals surface area contributed by atoms with Crippen molar-refractivity contribution in [2.24, 2.45) is 7.05 Å². The number of carbonyl (C=O) groups is 2. The van der Waals surface area contributed by atoms with Crippen LogP contribution in [0.3, 0.4) is 0 Å². The van der Waals surface area contributed by atoms with Crippen LogP contribution in [0.15, 0.2) is 0 Å². The van der Waals surface area contributed by atoms with Crippen LogP contribution < -0.4 is 0 Å². The van der Waals surface area contributed by atoms with Crippen molar-refractivity contribution < 1.29 is 19.4 Å². The Morgan fingerprint density at radius 3 is 2.71 bits per heavy atom. The Hall–Kier alpha value is -1.89. The Kier molecular flexibility index (Phi) is 4.62. The molecule has 116 valence electrons. The molecule has 2 heterocycles. The van der Waals surface area contributed by atoms with E-state index in [1.807, 2.05) is 20.9 Å². The van der Waals surface area contributed by atoms with Gasteiger partial charge in [-0.3, -0.25) is 14.3 Å². The molecule has 1 fully saturated rings. The Morgan fingerprint density at radius 1 is 1.43 bits per heavy atom. The second kappa shape index (κ2) is 6.26. The molecule has 0 aliphatic carbocycles. The van der Waals surface area contributed by atoms with Gasteiger partial charge in [-0.25, -0.2) is 0 Å². The van der Waals surface area contributed by atoms with E-state index in [-0.39, 0.29) is 12.3 Å². The predicted octanol–water partition coefficient (Wildman–Crippen LogP) is 0.282. The van der Waals surface area contributed by atoms with E-state index in [2.05, 4.69) is 5.10 Å². The van der Waals surface area contributed by atoms with Gasteiger partial charge in [0.15, 0.2) is 0 Å². The average Bonchev–Trinajstić information content (AvgIpc) is 2.65. The molecule has 1 atom stereocenters. The van der Waals surface area contributed by atoms with Crippen LogP contribution >= 0.6 is 0 Å². The first kappa shape index (κ1) is 15.5. The maximum atomic E-state index is 12.4. The maximum absolute atomic E-state index is 12.4. The zero-order valence-corrected chi connectivity index (χ0v) is 12.6. The zero-order valence-electron chi connectivity index (χ0n) is 12.6. The number of carbonyl (C=O) groups excluding carboxylic acids is 1. The molecule has 0 radical (unpaired) electrons. The highest BCUT2D eigenvalue weighted by Crippen LogP contribution is 2.16. The van der Waals surface area contributed by atoms with E-state index in [0.29, 0.717) is 26.1 Å². The number of aryl methyl sites for hydroxylation is 2. The van der Waals surface area contributed by atoms with Gasteiger partial charge in [-0.2, -0.15) is 5.10 Å². The van der Waals surface area contributed by atoms with Crippen molar-refractivity contribution in [2.75, 3.05) is 19.7 Å². The Balaban J connectivity index is 2.01. The van der Waals surface area contributed by atoms with Crippen LogP contribution in [0.1, 0.15) is 23.4 Å². The fourth-order valence-electron chi connectivity index (χ4n) is 2.60. The first-order valence-corrected chi connectivity index (χ1v) is 6.98. The first-order valence-electron chi connectivity index (χ1n) is 6.98. The molecule has 0 spiro atoms. The van der Waals surface area contributed by atoms with Gasteiger partial charge in [0, 0.05) is 31.4 Å². The summed E-state index contributed by atoms with van der Waals surface area (Å²) in [6, 6.07) is 0. The number of carboxylic acids is 1. The molecule has 0 bridgehead atoms. The third kappa shape index (κ3) is 3.60. The topological polar surface area (TPSA) is 84.7 Å². The van der Waals surface area contributed by atoms with E-state index >= 15 is 0 Å². The monoisotopic (exact) mass is 295 g/mol. The van der Waals surface area contributed by atoms with Gasteiger partial charge in [-0.05, 0) is 13.8 Å². The van der Waals surface area contributed by atoms with Gasteiger partial charge in [0.25, 0.3) is 0 Å². The molecule has 1 aromatic rings. The van der Waals surface area contributed by atoms with Crippen LogP contribution in [0, 0.1) is 13.8 Å². The number of hydrogen-bond acceptors (Lipinski definition) is 4. The molecule has 0 aromatic carbocycles. The van der Waals surface area contributed by atoms with E-state index < -0.39 is 12.1 Å². The van der Waals surface area contributed by atoms with Crippen molar-refractivity contribution in [2.45, 2.75) is 32.8 Å². The van der Waals surface area contributed by atoms with E-state index in [9.17, 15) is 9.59 Å². The molecular weight excluding hydrogens is 274 g/mol. The number of ether oxygens (including phenoxy) is 1. The number of hydrogen-bond donors (Lipinski definition) is 1. The molecule has 1 amide bonds. The standard InChI is InChI=1S/C14H21N3O4/c1-9-12(10(2)16(3)15-9)7-13(18)17-4-5-21-11(8-17)6-14(19)20/h11H,4-8H2,1-3H3,(H,19,20)/t11-/m1/s1. The molecule has 1 N–H and O–H groups in total. The number of aliphatic carboxylic acids is 1. The predicted molar refractivity (Wildman–Crippen MR) is 75.0 cm³/mol. The lowest BCUT2D eigenvalue weighted by Gasteiger charge is -2.32. The third-order valence-electron chi connectivity index (χ3n) is 3.88. The summed E-state index contributed by atoms with van der Waals surface area (Å²) in [5, 5.41) is 13.1. The van der Waals surface area contributed by atoms with Crippen molar-refractivity contribution in [3.63, 3.8) is 0 Å². The van der Waals surface area contributed by atoms with Gasteiger partial charge >= 0.3 is 5.97 Å². The fraction of sp³-hybridized carbons (Fsp3) is 0.643. The lowest BCUT2D eigenvalue weighted by molar-refractivity contribution is -0.147. The Labute approximate surface area is 123 Å². The number of morpholine rings is 1. The van der Waals surface area contributed by atoms with Crippen LogP contribution in [0.4, 0.5) is 0 Å². The smallest absolute Gasteiger partial charge is 0.306 e. The lowest BCUT2D eigenvalue weighted by Crippen LogP contribution is -2.46. The highest BCUT2D eigenvalue weighted by atomic mass is 16.5. The summed E-state index contributed by atoms with van der Waals surface area (Å²) in [6.07, 6.45) is -0.198. The van der Waals surface area contributed by atoms with E-state index in [4.69, 9.17) is 9.84 Å². The minimum atomic E-state index is -0.909. The van der Waals surface area contributed by atoms with Crippen LogP contribution in [0.5, 0.6) is 0 Å².